The van der Waals surface area contributed by atoms with Gasteiger partial charge in [0.2, 0.25) is 0 Å². The van der Waals surface area contributed by atoms with Gasteiger partial charge in [-0.3, -0.25) is 4.79 Å². The number of aromatic carboxylic acids is 1. The molecule has 35 heavy (non-hydrogen) atoms. The first-order chi connectivity index (χ1) is 16.8. The van der Waals surface area contributed by atoms with E-state index in [9.17, 15) is 9.59 Å². The molecule has 0 bridgehead atoms. The summed E-state index contributed by atoms with van der Waals surface area (Å²) in [5.74, 6) is -0.296. The van der Waals surface area contributed by atoms with Crippen molar-refractivity contribution in [2.45, 2.75) is 25.4 Å². The van der Waals surface area contributed by atoms with Gasteiger partial charge in [-0.2, -0.15) is 0 Å². The number of rotatable bonds is 8. The molecule has 1 amide bonds. The number of nitrogens with one attached hydrogen (secondary N) is 2. The summed E-state index contributed by atoms with van der Waals surface area (Å²) in [7, 11) is 0. The van der Waals surface area contributed by atoms with E-state index in [-0.39, 0.29) is 17.0 Å². The molecule has 1 aliphatic heterocycles. The SMILES string of the molecule is CCc1ccc(N[C@@H]2NC(=O)/C(=C/c3cc(I)c(OCc4ccc(C(=O)O)cc4)c(I)c3)S2)cc1. The molecule has 3 aromatic carbocycles. The van der Waals surface area contributed by atoms with Crippen LogP contribution in [0.25, 0.3) is 6.08 Å². The third kappa shape index (κ3) is 6.70. The van der Waals surface area contributed by atoms with Crippen molar-refractivity contribution in [1.82, 2.24) is 5.32 Å². The van der Waals surface area contributed by atoms with Gasteiger partial charge in [0.15, 0.2) is 5.50 Å². The first-order valence-corrected chi connectivity index (χ1v) is 13.8. The molecule has 180 valence electrons. The van der Waals surface area contributed by atoms with Crippen molar-refractivity contribution in [3.8, 4) is 5.75 Å². The molecule has 1 saturated heterocycles. The number of carbonyl (C=O) groups is 2. The summed E-state index contributed by atoms with van der Waals surface area (Å²) in [6, 6.07) is 18.8. The lowest BCUT2D eigenvalue weighted by Crippen LogP contribution is -2.30. The second-order valence-electron chi connectivity index (χ2n) is 7.78. The zero-order chi connectivity index (χ0) is 24.9. The van der Waals surface area contributed by atoms with Crippen LogP contribution in [0.2, 0.25) is 0 Å². The normalized spacial score (nSPS) is 16.3. The molecule has 0 aromatic heterocycles. The van der Waals surface area contributed by atoms with Crippen molar-refractivity contribution >= 4 is 80.6 Å². The highest BCUT2D eigenvalue weighted by Crippen LogP contribution is 2.34. The van der Waals surface area contributed by atoms with Crippen LogP contribution in [0.5, 0.6) is 5.75 Å². The minimum Gasteiger partial charge on any atom is -0.487 e. The van der Waals surface area contributed by atoms with Crippen LogP contribution in [-0.4, -0.2) is 22.5 Å². The van der Waals surface area contributed by atoms with Gasteiger partial charge in [0.05, 0.1) is 17.6 Å². The number of halogens is 2. The fraction of sp³-hybridized carbons (Fsp3) is 0.154. The summed E-state index contributed by atoms with van der Waals surface area (Å²) in [5, 5.41) is 15.3. The average Bonchev–Trinajstić information content (AvgIpc) is 3.17. The van der Waals surface area contributed by atoms with Crippen molar-refractivity contribution in [1.29, 1.82) is 0 Å². The van der Waals surface area contributed by atoms with E-state index >= 15 is 0 Å². The predicted octanol–water partition coefficient (Wildman–Crippen LogP) is 6.34. The summed E-state index contributed by atoms with van der Waals surface area (Å²) in [6.45, 7) is 2.45. The molecule has 1 aliphatic rings. The van der Waals surface area contributed by atoms with Gasteiger partial charge < -0.3 is 20.5 Å². The van der Waals surface area contributed by atoms with Gasteiger partial charge >= 0.3 is 5.97 Å². The van der Waals surface area contributed by atoms with Gasteiger partial charge in [-0.25, -0.2) is 4.79 Å². The van der Waals surface area contributed by atoms with Crippen LogP contribution in [-0.2, 0) is 17.8 Å². The first kappa shape index (κ1) is 25.8. The maximum Gasteiger partial charge on any atom is 0.335 e. The van der Waals surface area contributed by atoms with E-state index in [1.165, 1.54) is 17.3 Å². The Morgan fingerprint density at radius 2 is 1.71 bits per heavy atom. The van der Waals surface area contributed by atoms with Crippen LogP contribution in [0.15, 0.2) is 65.6 Å². The predicted molar refractivity (Wildman–Crippen MR) is 157 cm³/mol. The molecule has 9 heteroatoms. The second kappa shape index (κ2) is 11.7. The van der Waals surface area contributed by atoms with E-state index in [0.717, 1.165) is 36.1 Å². The number of aryl methyl sites for hydroxylation is 1. The first-order valence-electron chi connectivity index (χ1n) is 10.8. The van der Waals surface area contributed by atoms with Crippen molar-refractivity contribution < 1.29 is 19.4 Å². The Morgan fingerprint density at radius 1 is 1.09 bits per heavy atom. The number of hydrogen-bond acceptors (Lipinski definition) is 5. The van der Waals surface area contributed by atoms with E-state index < -0.39 is 5.97 Å². The van der Waals surface area contributed by atoms with Crippen LogP contribution in [0.1, 0.15) is 34.0 Å². The van der Waals surface area contributed by atoms with E-state index in [2.05, 4.69) is 74.9 Å². The number of thioether (sulfide) groups is 1. The fourth-order valence-corrected chi connectivity index (χ4v) is 6.52. The monoisotopic (exact) mass is 712 g/mol. The molecule has 6 nitrogen and oxygen atoms in total. The van der Waals surface area contributed by atoms with E-state index in [4.69, 9.17) is 9.84 Å². The van der Waals surface area contributed by atoms with Crippen molar-refractivity contribution in [2.75, 3.05) is 5.32 Å². The summed E-state index contributed by atoms with van der Waals surface area (Å²) >= 11 is 5.91. The lowest BCUT2D eigenvalue weighted by Gasteiger charge is -2.13. The zero-order valence-corrected chi connectivity index (χ0v) is 23.8. The standard InChI is InChI=1S/C26H22I2N2O4S/c1-2-15-5-9-19(10-6-15)29-26-30-24(31)22(35-26)13-17-11-20(27)23(21(28)12-17)34-14-16-3-7-18(8-4-16)25(32)33/h3-13,26,29H,2,14H2,1H3,(H,30,31)(H,32,33)/b22-13-/t26-/m1/s1. The summed E-state index contributed by atoms with van der Waals surface area (Å²) in [5.41, 5.74) is 4.05. The number of hydrogen-bond donors (Lipinski definition) is 3. The Morgan fingerprint density at radius 3 is 2.31 bits per heavy atom. The van der Waals surface area contributed by atoms with Crippen molar-refractivity contribution in [3.63, 3.8) is 0 Å². The summed E-state index contributed by atoms with van der Waals surface area (Å²) < 4.78 is 7.88. The molecule has 0 saturated carbocycles. The number of benzene rings is 3. The van der Waals surface area contributed by atoms with Gasteiger partial charge in [-0.05, 0) is 111 Å². The minimum atomic E-state index is -0.951. The van der Waals surface area contributed by atoms with Crippen molar-refractivity contribution in [3.05, 3.63) is 95.0 Å². The largest absolute Gasteiger partial charge is 0.487 e. The van der Waals surface area contributed by atoms with Crippen LogP contribution < -0.4 is 15.4 Å². The summed E-state index contributed by atoms with van der Waals surface area (Å²) in [6.07, 6.45) is 2.88. The van der Waals surface area contributed by atoms with Gasteiger partial charge in [-0.1, -0.05) is 43.0 Å². The van der Waals surface area contributed by atoms with Crippen molar-refractivity contribution in [2.24, 2.45) is 0 Å². The smallest absolute Gasteiger partial charge is 0.335 e. The number of carboxylic acids is 1. The quantitative estimate of drug-likeness (QED) is 0.187. The van der Waals surface area contributed by atoms with E-state index in [1.54, 1.807) is 24.3 Å². The van der Waals surface area contributed by atoms with Crippen LogP contribution in [0.3, 0.4) is 0 Å². The van der Waals surface area contributed by atoms with Gasteiger partial charge in [0.1, 0.15) is 12.4 Å². The number of carbonyl (C=O) groups excluding carboxylic acids is 1. The highest BCUT2D eigenvalue weighted by molar-refractivity contribution is 14.1. The lowest BCUT2D eigenvalue weighted by atomic mass is 10.1. The Bertz CT molecular complexity index is 1250. The topological polar surface area (TPSA) is 87.7 Å². The second-order valence-corrected chi connectivity index (χ2v) is 11.3. The van der Waals surface area contributed by atoms with Gasteiger partial charge in [0, 0.05) is 5.69 Å². The van der Waals surface area contributed by atoms with Gasteiger partial charge in [0.25, 0.3) is 5.91 Å². The maximum atomic E-state index is 12.5. The maximum absolute atomic E-state index is 12.5. The third-order valence-corrected chi connectivity index (χ3v) is 7.92. The van der Waals surface area contributed by atoms with E-state index in [0.29, 0.717) is 11.5 Å². The van der Waals surface area contributed by atoms with Crippen LogP contribution in [0.4, 0.5) is 5.69 Å². The molecule has 3 aromatic rings. The summed E-state index contributed by atoms with van der Waals surface area (Å²) in [4.78, 5) is 24.2. The highest BCUT2D eigenvalue weighted by atomic mass is 127. The number of ether oxygens (including phenoxy) is 1. The van der Waals surface area contributed by atoms with Crippen LogP contribution in [0, 0.1) is 7.14 Å². The molecular formula is C26H22I2N2O4S. The molecule has 0 radical (unpaired) electrons. The van der Waals surface area contributed by atoms with Gasteiger partial charge in [-0.15, -0.1) is 0 Å². The molecule has 1 heterocycles. The zero-order valence-electron chi connectivity index (χ0n) is 18.7. The molecule has 4 rings (SSSR count). The Labute approximate surface area is 235 Å². The third-order valence-electron chi connectivity index (χ3n) is 5.29. The number of carboxylic acid groups (broad SMARTS) is 1. The van der Waals surface area contributed by atoms with E-state index in [1.807, 2.05) is 30.3 Å². The Hall–Kier alpha value is -2.25. The average molecular weight is 712 g/mol. The molecule has 0 unspecified atom stereocenters. The molecular weight excluding hydrogens is 690 g/mol. The molecule has 0 spiro atoms. The number of amides is 1. The molecule has 1 fully saturated rings. The lowest BCUT2D eigenvalue weighted by molar-refractivity contribution is -0.116. The van der Waals surface area contributed by atoms with Crippen LogP contribution >= 0.6 is 56.9 Å². The Balaban J connectivity index is 1.42. The molecule has 0 aliphatic carbocycles. The highest BCUT2D eigenvalue weighted by Gasteiger charge is 2.27. The minimum absolute atomic E-state index is 0.104. The molecule has 3 N–H and O–H groups in total. The fourth-order valence-electron chi connectivity index (χ4n) is 3.40. The number of anilines is 1. The molecule has 1 atom stereocenters. The Kier molecular flexibility index (Phi) is 8.60.